The van der Waals surface area contributed by atoms with Crippen LogP contribution in [0, 0.1) is 11.8 Å². The maximum absolute atomic E-state index is 12.1. The average molecular weight is 232 g/mol. The van der Waals surface area contributed by atoms with E-state index in [4.69, 9.17) is 5.73 Å². The zero-order chi connectivity index (χ0) is 12.6. The highest BCUT2D eigenvalue weighted by atomic mass is 16.2. The molecule has 3 heteroatoms. The Hall–Kier alpha value is -1.51. The lowest BCUT2D eigenvalue weighted by Gasteiger charge is -2.25. The molecule has 1 aromatic carbocycles. The second-order valence-electron chi connectivity index (χ2n) is 5.11. The maximum atomic E-state index is 12.1. The largest absolute Gasteiger partial charge is 0.399 e. The molecule has 2 N–H and O–H groups in total. The van der Waals surface area contributed by atoms with Crippen LogP contribution in [0.15, 0.2) is 24.3 Å². The Kier molecular flexibility index (Phi) is 3.09. The lowest BCUT2D eigenvalue weighted by molar-refractivity contribution is -0.133. The molecule has 3 nitrogen and oxygen atoms in total. The number of carbonyl (C=O) groups is 1. The van der Waals surface area contributed by atoms with Crippen molar-refractivity contribution >= 4 is 11.6 Å². The molecule has 1 saturated carbocycles. The van der Waals surface area contributed by atoms with Crippen molar-refractivity contribution in [2.75, 3.05) is 12.8 Å². The number of hydrogen-bond acceptors (Lipinski definition) is 2. The van der Waals surface area contributed by atoms with Crippen LogP contribution < -0.4 is 5.73 Å². The zero-order valence-corrected chi connectivity index (χ0v) is 10.7. The van der Waals surface area contributed by atoms with Gasteiger partial charge in [0.1, 0.15) is 0 Å². The van der Waals surface area contributed by atoms with Gasteiger partial charge < -0.3 is 10.6 Å². The summed E-state index contributed by atoms with van der Waals surface area (Å²) < 4.78 is 0. The van der Waals surface area contributed by atoms with Crippen LogP contribution in [-0.4, -0.2) is 17.9 Å². The van der Waals surface area contributed by atoms with Crippen molar-refractivity contribution in [3.63, 3.8) is 0 Å². The maximum Gasteiger partial charge on any atom is 0.226 e. The molecule has 1 fully saturated rings. The molecule has 0 radical (unpaired) electrons. The van der Waals surface area contributed by atoms with Gasteiger partial charge in [0, 0.05) is 18.7 Å². The van der Waals surface area contributed by atoms with E-state index in [1.807, 2.05) is 43.1 Å². The first-order valence-corrected chi connectivity index (χ1v) is 6.13. The van der Waals surface area contributed by atoms with Crippen LogP contribution in [0.4, 0.5) is 5.69 Å². The Morgan fingerprint density at radius 2 is 2.18 bits per heavy atom. The summed E-state index contributed by atoms with van der Waals surface area (Å²) in [5, 5.41) is 0. The summed E-state index contributed by atoms with van der Waals surface area (Å²) in [6.07, 6.45) is 1.03. The van der Waals surface area contributed by atoms with Crippen molar-refractivity contribution in [1.29, 1.82) is 0 Å². The lowest BCUT2D eigenvalue weighted by atomic mass is 10.1. The van der Waals surface area contributed by atoms with Crippen LogP contribution in [0.25, 0.3) is 0 Å². The molecule has 1 amide bonds. The van der Waals surface area contributed by atoms with Gasteiger partial charge in [0.15, 0.2) is 0 Å². The fraction of sp³-hybridized carbons (Fsp3) is 0.500. The summed E-state index contributed by atoms with van der Waals surface area (Å²) in [5.41, 5.74) is 7.60. The molecule has 0 saturated heterocycles. The minimum absolute atomic E-state index is 0.0822. The summed E-state index contributed by atoms with van der Waals surface area (Å²) in [4.78, 5) is 13.9. The predicted octanol–water partition coefficient (Wildman–Crippen LogP) is 2.44. The average Bonchev–Trinajstić information content (AvgIpc) is 3.03. The van der Waals surface area contributed by atoms with E-state index in [0.717, 1.165) is 17.7 Å². The molecule has 0 heterocycles. The highest BCUT2D eigenvalue weighted by molar-refractivity contribution is 5.81. The molecule has 1 aliphatic rings. The second-order valence-corrected chi connectivity index (χ2v) is 5.11. The quantitative estimate of drug-likeness (QED) is 0.814. The minimum atomic E-state index is 0.0822. The molecule has 0 aromatic heterocycles. The van der Waals surface area contributed by atoms with Crippen LogP contribution in [-0.2, 0) is 4.79 Å². The van der Waals surface area contributed by atoms with E-state index in [-0.39, 0.29) is 17.9 Å². The summed E-state index contributed by atoms with van der Waals surface area (Å²) in [7, 11) is 1.88. The Balaban J connectivity index is 2.09. The van der Waals surface area contributed by atoms with Crippen LogP contribution in [0.1, 0.15) is 31.9 Å². The summed E-state index contributed by atoms with van der Waals surface area (Å²) in [5.74, 6) is 1.05. The molecule has 1 aromatic rings. The van der Waals surface area contributed by atoms with Gasteiger partial charge in [-0.1, -0.05) is 19.1 Å². The first-order chi connectivity index (χ1) is 8.00. The first-order valence-electron chi connectivity index (χ1n) is 6.13. The van der Waals surface area contributed by atoms with E-state index in [0.29, 0.717) is 5.92 Å². The van der Waals surface area contributed by atoms with Gasteiger partial charge in [-0.2, -0.15) is 0 Å². The number of rotatable bonds is 3. The van der Waals surface area contributed by atoms with Crippen molar-refractivity contribution in [3.8, 4) is 0 Å². The number of carbonyl (C=O) groups excluding carboxylic acids is 1. The number of nitrogens with two attached hydrogens (primary N) is 1. The topological polar surface area (TPSA) is 46.3 Å². The van der Waals surface area contributed by atoms with Crippen molar-refractivity contribution in [3.05, 3.63) is 29.8 Å². The van der Waals surface area contributed by atoms with Crippen LogP contribution >= 0.6 is 0 Å². The van der Waals surface area contributed by atoms with E-state index in [1.54, 1.807) is 0 Å². The fourth-order valence-corrected chi connectivity index (χ4v) is 2.16. The zero-order valence-electron chi connectivity index (χ0n) is 10.7. The third-order valence-electron chi connectivity index (χ3n) is 3.75. The van der Waals surface area contributed by atoms with Crippen molar-refractivity contribution in [1.82, 2.24) is 4.90 Å². The Bertz CT molecular complexity index is 430. The van der Waals surface area contributed by atoms with Gasteiger partial charge >= 0.3 is 0 Å². The van der Waals surface area contributed by atoms with Crippen molar-refractivity contribution in [2.24, 2.45) is 11.8 Å². The molecular formula is C14H20N2O. The van der Waals surface area contributed by atoms with Gasteiger partial charge in [0.25, 0.3) is 0 Å². The van der Waals surface area contributed by atoms with Crippen molar-refractivity contribution < 1.29 is 4.79 Å². The number of anilines is 1. The first kappa shape index (κ1) is 12.0. The Morgan fingerprint density at radius 3 is 2.71 bits per heavy atom. The van der Waals surface area contributed by atoms with E-state index < -0.39 is 0 Å². The number of benzene rings is 1. The van der Waals surface area contributed by atoms with Crippen LogP contribution in [0.2, 0.25) is 0 Å². The summed E-state index contributed by atoms with van der Waals surface area (Å²) >= 11 is 0. The smallest absolute Gasteiger partial charge is 0.226 e. The minimum Gasteiger partial charge on any atom is -0.399 e. The molecule has 92 valence electrons. The van der Waals surface area contributed by atoms with Gasteiger partial charge in [0.05, 0.1) is 6.04 Å². The molecular weight excluding hydrogens is 212 g/mol. The van der Waals surface area contributed by atoms with Crippen LogP contribution in [0.3, 0.4) is 0 Å². The SMILES string of the molecule is CC1CC1C(=O)N(C)C(C)c1cccc(N)c1. The number of hydrogen-bond donors (Lipinski definition) is 1. The van der Waals surface area contributed by atoms with Gasteiger partial charge in [-0.3, -0.25) is 4.79 Å². The number of amides is 1. The third kappa shape index (κ3) is 2.43. The molecule has 17 heavy (non-hydrogen) atoms. The molecule has 3 atom stereocenters. The van der Waals surface area contributed by atoms with Gasteiger partial charge in [-0.15, -0.1) is 0 Å². The van der Waals surface area contributed by atoms with Gasteiger partial charge in [-0.05, 0) is 37.0 Å². The normalized spacial score (nSPS) is 24.2. The number of nitrogen functional groups attached to an aromatic ring is 1. The molecule has 0 aliphatic heterocycles. The van der Waals surface area contributed by atoms with Crippen LogP contribution in [0.5, 0.6) is 0 Å². The van der Waals surface area contributed by atoms with Gasteiger partial charge in [-0.25, -0.2) is 0 Å². The molecule has 0 bridgehead atoms. The monoisotopic (exact) mass is 232 g/mol. The van der Waals surface area contributed by atoms with E-state index in [2.05, 4.69) is 6.92 Å². The third-order valence-corrected chi connectivity index (χ3v) is 3.75. The van der Waals surface area contributed by atoms with Crippen molar-refractivity contribution in [2.45, 2.75) is 26.3 Å². The Morgan fingerprint density at radius 1 is 1.53 bits per heavy atom. The summed E-state index contributed by atoms with van der Waals surface area (Å²) in [6.45, 7) is 4.17. The van der Waals surface area contributed by atoms with E-state index in [9.17, 15) is 4.79 Å². The molecule has 1 aliphatic carbocycles. The second kappa shape index (κ2) is 4.40. The van der Waals surface area contributed by atoms with Gasteiger partial charge in [0.2, 0.25) is 5.91 Å². The lowest BCUT2D eigenvalue weighted by Crippen LogP contribution is -2.31. The predicted molar refractivity (Wildman–Crippen MR) is 69.3 cm³/mol. The summed E-state index contributed by atoms with van der Waals surface area (Å²) in [6, 6.07) is 7.82. The number of nitrogens with zero attached hydrogens (tertiary/aromatic N) is 1. The molecule has 3 unspecified atom stereocenters. The highest BCUT2D eigenvalue weighted by Gasteiger charge is 2.41. The fourth-order valence-electron chi connectivity index (χ4n) is 2.16. The van der Waals surface area contributed by atoms with E-state index in [1.165, 1.54) is 0 Å². The Labute approximate surface area is 103 Å². The molecule has 2 rings (SSSR count). The standard InChI is InChI=1S/C14H20N2O/c1-9-7-13(9)14(17)16(3)10(2)11-5-4-6-12(15)8-11/h4-6,8-10,13H,7,15H2,1-3H3. The van der Waals surface area contributed by atoms with E-state index >= 15 is 0 Å². The molecule has 0 spiro atoms. The highest BCUT2D eigenvalue weighted by Crippen LogP contribution is 2.40.